The molecule has 3 rings (SSSR count). The Bertz CT molecular complexity index is 681. The van der Waals surface area contributed by atoms with E-state index in [1.165, 1.54) is 5.69 Å². The van der Waals surface area contributed by atoms with Crippen molar-refractivity contribution in [3.63, 3.8) is 0 Å². The molecular weight excluding hydrogens is 429 g/mol. The number of aliphatic imine (C=N–C) groups is 1. The van der Waals surface area contributed by atoms with Gasteiger partial charge < -0.3 is 20.0 Å². The van der Waals surface area contributed by atoms with E-state index in [4.69, 9.17) is 4.42 Å². The van der Waals surface area contributed by atoms with E-state index in [2.05, 4.69) is 49.8 Å². The molecule has 0 spiro atoms. The van der Waals surface area contributed by atoms with E-state index < -0.39 is 0 Å². The summed E-state index contributed by atoms with van der Waals surface area (Å²) in [5.41, 5.74) is 2.21. The smallest absolute Gasteiger partial charge is 0.214 e. The average molecular weight is 455 g/mol. The number of rotatable bonds is 4. The van der Waals surface area contributed by atoms with Gasteiger partial charge in [-0.2, -0.15) is 0 Å². The van der Waals surface area contributed by atoms with Gasteiger partial charge in [0.15, 0.2) is 5.96 Å². The molecule has 1 saturated heterocycles. The third kappa shape index (κ3) is 5.10. The number of oxazole rings is 1. The van der Waals surface area contributed by atoms with Gasteiger partial charge in [0.25, 0.3) is 0 Å². The summed E-state index contributed by atoms with van der Waals surface area (Å²) in [6.45, 7) is 6.43. The number of para-hydroxylation sites is 1. The summed E-state index contributed by atoms with van der Waals surface area (Å²) in [7, 11) is 1.78. The van der Waals surface area contributed by atoms with Gasteiger partial charge in [-0.25, -0.2) is 4.98 Å². The fraction of sp³-hybridized carbons (Fsp3) is 0.444. The highest BCUT2D eigenvalue weighted by molar-refractivity contribution is 14.0. The molecule has 1 aromatic carbocycles. The van der Waals surface area contributed by atoms with Crippen LogP contribution in [-0.2, 0) is 6.54 Å². The van der Waals surface area contributed by atoms with E-state index in [1.54, 1.807) is 7.05 Å². The zero-order chi connectivity index (χ0) is 16.9. The Kier molecular flexibility index (Phi) is 7.10. The van der Waals surface area contributed by atoms with Crippen molar-refractivity contribution in [1.82, 2.24) is 15.6 Å². The maximum absolute atomic E-state index is 5.59. The average Bonchev–Trinajstić information content (AvgIpc) is 3.19. The first-order chi connectivity index (χ1) is 11.7. The molecule has 2 N–H and O–H groups in total. The third-order valence-corrected chi connectivity index (χ3v) is 4.35. The Balaban J connectivity index is 0.00000225. The number of hydrogen-bond acceptors (Lipinski definition) is 4. The largest absolute Gasteiger partial charge is 0.444 e. The van der Waals surface area contributed by atoms with Crippen LogP contribution >= 0.6 is 24.0 Å². The molecule has 2 heterocycles. The van der Waals surface area contributed by atoms with Gasteiger partial charge in [0, 0.05) is 31.9 Å². The van der Waals surface area contributed by atoms with Crippen LogP contribution in [0.5, 0.6) is 0 Å². The van der Waals surface area contributed by atoms with Crippen LogP contribution in [0.3, 0.4) is 0 Å². The Labute approximate surface area is 166 Å². The van der Waals surface area contributed by atoms with Gasteiger partial charge >= 0.3 is 0 Å². The van der Waals surface area contributed by atoms with E-state index >= 15 is 0 Å². The maximum Gasteiger partial charge on any atom is 0.214 e. The van der Waals surface area contributed by atoms with Crippen LogP contribution in [0.2, 0.25) is 0 Å². The lowest BCUT2D eigenvalue weighted by Gasteiger charge is -2.20. The van der Waals surface area contributed by atoms with Crippen molar-refractivity contribution in [2.75, 3.05) is 25.0 Å². The van der Waals surface area contributed by atoms with Crippen molar-refractivity contribution in [2.24, 2.45) is 4.99 Å². The number of aryl methyl sites for hydroxylation is 2. The lowest BCUT2D eigenvalue weighted by atomic mass is 10.3. The van der Waals surface area contributed by atoms with Gasteiger partial charge in [0.05, 0.1) is 12.2 Å². The first kappa shape index (κ1) is 19.6. The molecule has 6 nitrogen and oxygen atoms in total. The number of halogens is 1. The summed E-state index contributed by atoms with van der Waals surface area (Å²) in [4.78, 5) is 11.1. The molecule has 136 valence electrons. The van der Waals surface area contributed by atoms with Gasteiger partial charge in [0.1, 0.15) is 5.76 Å². The molecule has 0 saturated carbocycles. The number of aromatic nitrogens is 1. The molecule has 25 heavy (non-hydrogen) atoms. The second-order valence-electron chi connectivity index (χ2n) is 6.09. The zero-order valence-corrected chi connectivity index (χ0v) is 17.3. The summed E-state index contributed by atoms with van der Waals surface area (Å²) in [5, 5.41) is 6.76. The highest BCUT2D eigenvalue weighted by atomic mass is 127. The normalized spacial score (nSPS) is 17.3. The molecule has 0 amide bonds. The Hall–Kier alpha value is -1.77. The summed E-state index contributed by atoms with van der Waals surface area (Å²) in [6.07, 6.45) is 1.09. The number of benzene rings is 1. The van der Waals surface area contributed by atoms with E-state index in [9.17, 15) is 0 Å². The Morgan fingerprint density at radius 1 is 1.32 bits per heavy atom. The number of hydrogen-bond donors (Lipinski definition) is 2. The fourth-order valence-corrected chi connectivity index (χ4v) is 2.91. The van der Waals surface area contributed by atoms with E-state index in [1.807, 2.05) is 19.9 Å². The standard InChI is InChI=1S/C18H25N5O.HI/c1-13-14(2)24-17(21-13)11-20-18(19-3)22-15-9-10-23(12-15)16-7-5-4-6-8-16;/h4-8,15H,9-12H2,1-3H3,(H2,19,20,22);1H. The van der Waals surface area contributed by atoms with E-state index in [-0.39, 0.29) is 24.0 Å². The predicted octanol–water partition coefficient (Wildman–Crippen LogP) is 2.85. The van der Waals surface area contributed by atoms with Gasteiger partial charge in [-0.05, 0) is 32.4 Å². The topological polar surface area (TPSA) is 65.7 Å². The van der Waals surface area contributed by atoms with Crippen molar-refractivity contribution in [2.45, 2.75) is 32.9 Å². The lowest BCUT2D eigenvalue weighted by Crippen LogP contribution is -2.44. The van der Waals surface area contributed by atoms with Crippen LogP contribution in [0, 0.1) is 13.8 Å². The molecule has 1 atom stereocenters. The molecule has 1 aliphatic heterocycles. The Morgan fingerprint density at radius 2 is 2.08 bits per heavy atom. The van der Waals surface area contributed by atoms with Gasteiger partial charge in [-0.3, -0.25) is 4.99 Å². The van der Waals surface area contributed by atoms with Crippen LogP contribution in [-0.4, -0.2) is 37.1 Å². The van der Waals surface area contributed by atoms with Crippen molar-refractivity contribution in [3.05, 3.63) is 47.7 Å². The molecule has 7 heteroatoms. The highest BCUT2D eigenvalue weighted by Gasteiger charge is 2.23. The van der Waals surface area contributed by atoms with Crippen LogP contribution in [0.25, 0.3) is 0 Å². The van der Waals surface area contributed by atoms with Crippen molar-refractivity contribution in [3.8, 4) is 0 Å². The molecule has 1 unspecified atom stereocenters. The minimum atomic E-state index is 0. The zero-order valence-electron chi connectivity index (χ0n) is 15.0. The number of nitrogens with one attached hydrogen (secondary N) is 2. The first-order valence-electron chi connectivity index (χ1n) is 8.36. The van der Waals surface area contributed by atoms with E-state index in [0.717, 1.165) is 36.9 Å². The van der Waals surface area contributed by atoms with Crippen LogP contribution in [0.1, 0.15) is 23.8 Å². The molecule has 0 bridgehead atoms. The molecule has 1 aromatic heterocycles. The minimum Gasteiger partial charge on any atom is -0.444 e. The first-order valence-corrected chi connectivity index (χ1v) is 8.36. The molecule has 0 aliphatic carbocycles. The van der Waals surface area contributed by atoms with Gasteiger partial charge in [0.2, 0.25) is 5.89 Å². The molecule has 0 radical (unpaired) electrons. The van der Waals surface area contributed by atoms with Crippen LogP contribution < -0.4 is 15.5 Å². The fourth-order valence-electron chi connectivity index (χ4n) is 2.91. The van der Waals surface area contributed by atoms with Crippen molar-refractivity contribution < 1.29 is 4.42 Å². The summed E-state index contributed by atoms with van der Waals surface area (Å²) in [5.74, 6) is 2.33. The third-order valence-electron chi connectivity index (χ3n) is 4.35. The quantitative estimate of drug-likeness (QED) is 0.422. The van der Waals surface area contributed by atoms with Gasteiger partial charge in [-0.1, -0.05) is 18.2 Å². The second-order valence-corrected chi connectivity index (χ2v) is 6.09. The second kappa shape index (κ2) is 9.07. The lowest BCUT2D eigenvalue weighted by molar-refractivity contribution is 0.463. The van der Waals surface area contributed by atoms with Crippen LogP contribution in [0.15, 0.2) is 39.7 Å². The number of anilines is 1. The van der Waals surface area contributed by atoms with Crippen molar-refractivity contribution in [1.29, 1.82) is 0 Å². The highest BCUT2D eigenvalue weighted by Crippen LogP contribution is 2.19. The molecule has 1 aliphatic rings. The summed E-state index contributed by atoms with van der Waals surface area (Å²) in [6, 6.07) is 10.9. The maximum atomic E-state index is 5.59. The molecule has 1 fully saturated rings. The van der Waals surface area contributed by atoms with Crippen LogP contribution in [0.4, 0.5) is 5.69 Å². The predicted molar refractivity (Wildman–Crippen MR) is 112 cm³/mol. The number of guanidine groups is 1. The summed E-state index contributed by atoms with van der Waals surface area (Å²) < 4.78 is 5.59. The SMILES string of the molecule is CN=C(NCc1nc(C)c(C)o1)NC1CCN(c2ccccc2)C1.I. The minimum absolute atomic E-state index is 0. The Morgan fingerprint density at radius 3 is 2.72 bits per heavy atom. The monoisotopic (exact) mass is 455 g/mol. The summed E-state index contributed by atoms with van der Waals surface area (Å²) >= 11 is 0. The van der Waals surface area contributed by atoms with E-state index in [0.29, 0.717) is 18.5 Å². The van der Waals surface area contributed by atoms with Gasteiger partial charge in [-0.15, -0.1) is 24.0 Å². The molecular formula is C18H26IN5O. The number of nitrogens with zero attached hydrogens (tertiary/aromatic N) is 3. The molecule has 2 aromatic rings. The van der Waals surface area contributed by atoms with Crippen molar-refractivity contribution >= 4 is 35.6 Å².